The van der Waals surface area contributed by atoms with Gasteiger partial charge >= 0.3 is 0 Å². The van der Waals surface area contributed by atoms with Crippen LogP contribution in [-0.2, 0) is 27.6 Å². The second-order valence-corrected chi connectivity index (χ2v) is 8.71. The number of nitrogens with one attached hydrogen (secondary N) is 1. The Kier molecular flexibility index (Phi) is 7.56. The van der Waals surface area contributed by atoms with E-state index >= 15 is 0 Å². The highest BCUT2D eigenvalue weighted by Gasteiger charge is 2.12. The van der Waals surface area contributed by atoms with Crippen molar-refractivity contribution in [1.82, 2.24) is 4.90 Å². The molecule has 146 valence electrons. The number of hydrogen-bond acceptors (Lipinski definition) is 4. The van der Waals surface area contributed by atoms with Crippen LogP contribution in [0.5, 0.6) is 0 Å². The van der Waals surface area contributed by atoms with Crippen LogP contribution in [0.25, 0.3) is 0 Å². The number of carbonyl (C=O) groups is 1. The Hall–Kier alpha value is -2.18. The van der Waals surface area contributed by atoms with Gasteiger partial charge in [-0.2, -0.15) is 0 Å². The van der Waals surface area contributed by atoms with Gasteiger partial charge in [0, 0.05) is 12.2 Å². The molecule has 0 saturated heterocycles. The SMILES string of the molecule is CCN(CC)Cc1ccc(NC(=O)Cc2ccc(S(=O)(=O)CC)cc2)cc1. The second kappa shape index (κ2) is 9.67. The molecule has 0 aliphatic carbocycles. The van der Waals surface area contributed by atoms with Crippen LogP contribution in [0.4, 0.5) is 5.69 Å². The van der Waals surface area contributed by atoms with Crippen LogP contribution in [-0.4, -0.2) is 38.1 Å². The summed E-state index contributed by atoms with van der Waals surface area (Å²) in [4.78, 5) is 14.9. The lowest BCUT2D eigenvalue weighted by molar-refractivity contribution is -0.115. The number of nitrogens with zero attached hydrogens (tertiary/aromatic N) is 1. The molecular weight excluding hydrogens is 360 g/mol. The minimum atomic E-state index is -3.21. The summed E-state index contributed by atoms with van der Waals surface area (Å²) in [5.41, 5.74) is 2.75. The van der Waals surface area contributed by atoms with E-state index in [0.717, 1.165) is 30.9 Å². The van der Waals surface area contributed by atoms with Crippen molar-refractivity contribution in [3.63, 3.8) is 0 Å². The summed E-state index contributed by atoms with van der Waals surface area (Å²) in [5, 5.41) is 2.88. The number of hydrogen-bond donors (Lipinski definition) is 1. The molecule has 0 bridgehead atoms. The van der Waals surface area contributed by atoms with Crippen molar-refractivity contribution in [2.45, 2.75) is 38.6 Å². The van der Waals surface area contributed by atoms with Crippen LogP contribution in [0.3, 0.4) is 0 Å². The smallest absolute Gasteiger partial charge is 0.228 e. The number of benzene rings is 2. The second-order valence-electron chi connectivity index (χ2n) is 6.43. The molecular formula is C21H28N2O3S. The Labute approximate surface area is 162 Å². The highest BCUT2D eigenvalue weighted by atomic mass is 32.2. The molecule has 0 aliphatic rings. The molecule has 0 aromatic heterocycles. The molecule has 0 radical (unpaired) electrons. The van der Waals surface area contributed by atoms with Gasteiger partial charge in [-0.25, -0.2) is 8.42 Å². The van der Waals surface area contributed by atoms with E-state index in [-0.39, 0.29) is 23.0 Å². The lowest BCUT2D eigenvalue weighted by Crippen LogP contribution is -2.22. The first kappa shape index (κ1) is 21.1. The fourth-order valence-electron chi connectivity index (χ4n) is 2.77. The number of carbonyl (C=O) groups excluding carboxylic acids is 1. The van der Waals surface area contributed by atoms with Gasteiger partial charge in [-0.15, -0.1) is 0 Å². The van der Waals surface area contributed by atoms with Crippen LogP contribution < -0.4 is 5.32 Å². The van der Waals surface area contributed by atoms with Gasteiger partial charge in [0.25, 0.3) is 0 Å². The van der Waals surface area contributed by atoms with E-state index in [0.29, 0.717) is 0 Å². The normalized spacial score (nSPS) is 11.6. The molecule has 0 heterocycles. The summed E-state index contributed by atoms with van der Waals surface area (Å²) >= 11 is 0. The quantitative estimate of drug-likeness (QED) is 0.714. The predicted octanol–water partition coefficient (Wildman–Crippen LogP) is 3.50. The van der Waals surface area contributed by atoms with E-state index in [1.807, 2.05) is 24.3 Å². The van der Waals surface area contributed by atoms with Gasteiger partial charge in [-0.05, 0) is 48.5 Å². The van der Waals surface area contributed by atoms with E-state index in [1.54, 1.807) is 31.2 Å². The maximum atomic E-state index is 12.2. The molecule has 0 fully saturated rings. The molecule has 0 aliphatic heterocycles. The summed E-state index contributed by atoms with van der Waals surface area (Å²) in [6, 6.07) is 14.4. The third-order valence-corrected chi connectivity index (χ3v) is 6.32. The van der Waals surface area contributed by atoms with Crippen molar-refractivity contribution in [3.05, 3.63) is 59.7 Å². The van der Waals surface area contributed by atoms with E-state index in [4.69, 9.17) is 0 Å². The number of sulfone groups is 1. The first-order chi connectivity index (χ1) is 12.9. The average Bonchev–Trinajstić information content (AvgIpc) is 2.67. The molecule has 0 atom stereocenters. The van der Waals surface area contributed by atoms with Crippen LogP contribution in [0, 0.1) is 0 Å². The van der Waals surface area contributed by atoms with Gasteiger partial charge in [0.15, 0.2) is 9.84 Å². The van der Waals surface area contributed by atoms with Crippen LogP contribution in [0.1, 0.15) is 31.9 Å². The van der Waals surface area contributed by atoms with Crippen molar-refractivity contribution in [2.75, 3.05) is 24.2 Å². The van der Waals surface area contributed by atoms with E-state index in [9.17, 15) is 13.2 Å². The lowest BCUT2D eigenvalue weighted by Gasteiger charge is -2.18. The third kappa shape index (κ3) is 6.19. The average molecular weight is 389 g/mol. The Morgan fingerprint density at radius 1 is 0.889 bits per heavy atom. The molecule has 27 heavy (non-hydrogen) atoms. The van der Waals surface area contributed by atoms with Crippen molar-refractivity contribution in [2.24, 2.45) is 0 Å². The zero-order chi connectivity index (χ0) is 19.9. The Bertz CT molecular complexity index is 840. The molecule has 2 rings (SSSR count). The third-order valence-electron chi connectivity index (χ3n) is 4.57. The minimum Gasteiger partial charge on any atom is -0.326 e. The van der Waals surface area contributed by atoms with Crippen LogP contribution in [0.15, 0.2) is 53.4 Å². The van der Waals surface area contributed by atoms with Crippen molar-refractivity contribution in [1.29, 1.82) is 0 Å². The first-order valence-electron chi connectivity index (χ1n) is 9.30. The van der Waals surface area contributed by atoms with Crippen molar-refractivity contribution >= 4 is 21.4 Å². The summed E-state index contributed by atoms with van der Waals surface area (Å²) < 4.78 is 23.7. The first-order valence-corrected chi connectivity index (χ1v) is 11.0. The van der Waals surface area contributed by atoms with Gasteiger partial charge < -0.3 is 5.32 Å². The van der Waals surface area contributed by atoms with Crippen LogP contribution >= 0.6 is 0 Å². The molecule has 0 saturated carbocycles. The zero-order valence-corrected chi connectivity index (χ0v) is 17.1. The fraction of sp³-hybridized carbons (Fsp3) is 0.381. The largest absolute Gasteiger partial charge is 0.326 e. The maximum absolute atomic E-state index is 12.2. The van der Waals surface area contributed by atoms with Gasteiger partial charge in [-0.3, -0.25) is 9.69 Å². The standard InChI is InChI=1S/C21H28N2O3S/c1-4-23(5-2)16-18-7-11-19(12-8-18)22-21(24)15-17-9-13-20(14-10-17)27(25,26)6-3/h7-14H,4-6,15-16H2,1-3H3,(H,22,24). The molecule has 2 aromatic carbocycles. The highest BCUT2D eigenvalue weighted by molar-refractivity contribution is 7.91. The topological polar surface area (TPSA) is 66.5 Å². The van der Waals surface area contributed by atoms with Gasteiger partial charge in [0.05, 0.1) is 17.1 Å². The summed E-state index contributed by atoms with van der Waals surface area (Å²) in [6.07, 6.45) is 0.202. The van der Waals surface area contributed by atoms with E-state index in [2.05, 4.69) is 24.1 Å². The van der Waals surface area contributed by atoms with Gasteiger partial charge in [0.2, 0.25) is 5.91 Å². The molecule has 1 amide bonds. The number of anilines is 1. The molecule has 1 N–H and O–H groups in total. The molecule has 0 unspecified atom stereocenters. The Morgan fingerprint density at radius 3 is 1.96 bits per heavy atom. The van der Waals surface area contributed by atoms with Crippen LogP contribution in [0.2, 0.25) is 0 Å². The lowest BCUT2D eigenvalue weighted by atomic mass is 10.1. The fourth-order valence-corrected chi connectivity index (χ4v) is 3.65. The predicted molar refractivity (Wildman–Crippen MR) is 110 cm³/mol. The minimum absolute atomic E-state index is 0.0666. The monoisotopic (exact) mass is 388 g/mol. The highest BCUT2D eigenvalue weighted by Crippen LogP contribution is 2.15. The van der Waals surface area contributed by atoms with Gasteiger partial charge in [0.1, 0.15) is 0 Å². The Morgan fingerprint density at radius 2 is 1.44 bits per heavy atom. The molecule has 2 aromatic rings. The maximum Gasteiger partial charge on any atom is 0.228 e. The van der Waals surface area contributed by atoms with Gasteiger partial charge in [-0.1, -0.05) is 45.0 Å². The number of amides is 1. The summed E-state index contributed by atoms with van der Waals surface area (Å²) in [5.74, 6) is -0.0607. The molecule has 0 spiro atoms. The van der Waals surface area contributed by atoms with Crippen molar-refractivity contribution < 1.29 is 13.2 Å². The summed E-state index contributed by atoms with van der Waals surface area (Å²) in [6.45, 7) is 8.81. The Balaban J connectivity index is 1.93. The zero-order valence-electron chi connectivity index (χ0n) is 16.2. The number of rotatable bonds is 9. The van der Waals surface area contributed by atoms with E-state index < -0.39 is 9.84 Å². The summed E-state index contributed by atoms with van der Waals surface area (Å²) in [7, 11) is -3.21. The molecule has 6 heteroatoms. The van der Waals surface area contributed by atoms with Crippen molar-refractivity contribution in [3.8, 4) is 0 Å². The van der Waals surface area contributed by atoms with E-state index in [1.165, 1.54) is 5.56 Å². The molecule has 5 nitrogen and oxygen atoms in total.